The van der Waals surface area contributed by atoms with Crippen molar-refractivity contribution < 1.29 is 14.1 Å². The highest BCUT2D eigenvalue weighted by Gasteiger charge is 2.54. The molecule has 24 heavy (non-hydrogen) atoms. The quantitative estimate of drug-likeness (QED) is 0.723. The summed E-state index contributed by atoms with van der Waals surface area (Å²) in [5.74, 6) is 1.02. The molecular formula is C18H34N2O3S. The molecule has 1 aliphatic heterocycles. The maximum absolute atomic E-state index is 12.8. The van der Waals surface area contributed by atoms with Gasteiger partial charge in [0.2, 0.25) is 0 Å². The highest BCUT2D eigenvalue weighted by molar-refractivity contribution is 7.90. The maximum atomic E-state index is 12.8. The Morgan fingerprint density at radius 3 is 2.25 bits per heavy atom. The van der Waals surface area contributed by atoms with Gasteiger partial charge in [0.15, 0.2) is 0 Å². The molecule has 1 saturated heterocycles. The smallest absolute Gasteiger partial charge is 0.410 e. The number of amides is 1. The van der Waals surface area contributed by atoms with Crippen LogP contribution in [0.1, 0.15) is 60.8 Å². The van der Waals surface area contributed by atoms with E-state index in [0.717, 1.165) is 6.54 Å². The van der Waals surface area contributed by atoms with E-state index in [1.165, 1.54) is 19.3 Å². The molecule has 5 nitrogen and oxygen atoms in total. The molecule has 0 aromatic carbocycles. The van der Waals surface area contributed by atoms with Crippen LogP contribution < -0.4 is 0 Å². The van der Waals surface area contributed by atoms with Crippen LogP contribution in [0.15, 0.2) is 0 Å². The predicted molar refractivity (Wildman–Crippen MR) is 98.1 cm³/mol. The van der Waals surface area contributed by atoms with E-state index in [1.54, 1.807) is 11.9 Å². The third kappa shape index (κ3) is 4.58. The van der Waals surface area contributed by atoms with Crippen LogP contribution in [0.5, 0.6) is 0 Å². The molecule has 6 heteroatoms. The molecule has 2 rings (SSSR count). The fourth-order valence-corrected chi connectivity index (χ4v) is 5.02. The average Bonchev–Trinajstić information content (AvgIpc) is 2.33. The van der Waals surface area contributed by atoms with E-state index < -0.39 is 17.0 Å². The molecule has 1 heterocycles. The summed E-state index contributed by atoms with van der Waals surface area (Å²) in [5, 5.41) is 0. The van der Waals surface area contributed by atoms with E-state index in [2.05, 4.69) is 4.31 Å². The summed E-state index contributed by atoms with van der Waals surface area (Å²) in [6.07, 6.45) is 3.43. The summed E-state index contributed by atoms with van der Waals surface area (Å²) >= 11 is -0.977. The van der Waals surface area contributed by atoms with E-state index >= 15 is 0 Å². The summed E-state index contributed by atoms with van der Waals surface area (Å²) in [4.78, 5) is 13.9. The van der Waals surface area contributed by atoms with Gasteiger partial charge in [0.25, 0.3) is 0 Å². The van der Waals surface area contributed by atoms with Crippen molar-refractivity contribution in [3.8, 4) is 0 Å². The minimum atomic E-state index is -0.977. The first kappa shape index (κ1) is 19.9. The first-order valence-electron chi connectivity index (χ1n) is 9.03. The third-order valence-corrected chi connectivity index (χ3v) is 6.68. The van der Waals surface area contributed by atoms with Gasteiger partial charge in [-0.3, -0.25) is 0 Å². The van der Waals surface area contributed by atoms with Crippen molar-refractivity contribution in [3.63, 3.8) is 0 Å². The average molecular weight is 359 g/mol. The van der Waals surface area contributed by atoms with Crippen LogP contribution in [0.25, 0.3) is 0 Å². The molecule has 0 spiro atoms. The molecule has 0 aromatic rings. The van der Waals surface area contributed by atoms with Gasteiger partial charge in [-0.25, -0.2) is 4.79 Å². The lowest BCUT2D eigenvalue weighted by molar-refractivity contribution is -0.0114. The zero-order valence-corrected chi connectivity index (χ0v) is 17.1. The second kappa shape index (κ2) is 7.04. The lowest BCUT2D eigenvalue weighted by Gasteiger charge is -2.54. The Bertz CT molecular complexity index is 454. The lowest BCUT2D eigenvalue weighted by atomic mass is 9.71. The Balaban J connectivity index is 1.97. The molecular weight excluding hydrogens is 324 g/mol. The molecule has 0 radical (unpaired) electrons. The zero-order valence-electron chi connectivity index (χ0n) is 16.3. The molecule has 0 bridgehead atoms. The van der Waals surface area contributed by atoms with Crippen LogP contribution in [0.3, 0.4) is 0 Å². The fraction of sp³-hybridized carbons (Fsp3) is 0.944. The molecule has 1 saturated carbocycles. The Labute approximate surface area is 150 Å². The summed E-state index contributed by atoms with van der Waals surface area (Å²) in [5.41, 5.74) is -0.474. The van der Waals surface area contributed by atoms with Gasteiger partial charge in [-0.1, -0.05) is 6.42 Å². The number of ether oxygens (including phenoxy) is 1. The van der Waals surface area contributed by atoms with E-state index in [4.69, 9.17) is 4.74 Å². The lowest BCUT2D eigenvalue weighted by Crippen LogP contribution is -2.67. The van der Waals surface area contributed by atoms with E-state index in [-0.39, 0.29) is 10.8 Å². The molecule has 2 fully saturated rings. The van der Waals surface area contributed by atoms with Gasteiger partial charge < -0.3 is 14.2 Å². The summed E-state index contributed by atoms with van der Waals surface area (Å²) < 4.78 is 20.2. The number of carbonyl (C=O) groups is 1. The number of nitrogens with zero attached hydrogens (tertiary/aromatic N) is 2. The fourth-order valence-electron chi connectivity index (χ4n) is 3.42. The normalized spacial score (nSPS) is 27.2. The molecule has 1 aliphatic carbocycles. The Kier molecular flexibility index (Phi) is 5.83. The van der Waals surface area contributed by atoms with Crippen LogP contribution in [0, 0.1) is 11.8 Å². The van der Waals surface area contributed by atoms with Crippen molar-refractivity contribution in [1.29, 1.82) is 0 Å². The van der Waals surface area contributed by atoms with Crippen molar-refractivity contribution in [1.82, 2.24) is 9.21 Å². The van der Waals surface area contributed by atoms with Gasteiger partial charge in [0.05, 0.1) is 12.6 Å². The SMILES string of the molecule is CN(C[C@@H]1CN([S+]([O-])C(C)(C)C)[C@@H]1C1CCC1)C(=O)OC(C)(C)C. The van der Waals surface area contributed by atoms with E-state index in [0.29, 0.717) is 24.4 Å². The Morgan fingerprint density at radius 1 is 1.25 bits per heavy atom. The Hall–Kier alpha value is -0.460. The van der Waals surface area contributed by atoms with Crippen molar-refractivity contribution >= 4 is 17.5 Å². The van der Waals surface area contributed by atoms with Crippen LogP contribution in [-0.2, 0) is 16.1 Å². The van der Waals surface area contributed by atoms with Gasteiger partial charge >= 0.3 is 6.09 Å². The van der Waals surface area contributed by atoms with Gasteiger partial charge in [0, 0.05) is 30.9 Å². The van der Waals surface area contributed by atoms with Gasteiger partial charge in [0.1, 0.15) is 10.3 Å². The predicted octanol–water partition coefficient (Wildman–Crippen LogP) is 3.42. The topological polar surface area (TPSA) is 55.8 Å². The van der Waals surface area contributed by atoms with Gasteiger partial charge in [-0.15, -0.1) is 4.31 Å². The van der Waals surface area contributed by atoms with Gasteiger partial charge in [-0.2, -0.15) is 0 Å². The van der Waals surface area contributed by atoms with Crippen LogP contribution in [-0.4, -0.2) is 56.4 Å². The van der Waals surface area contributed by atoms with Gasteiger partial charge in [-0.05, 0) is 60.3 Å². The molecule has 2 aliphatic rings. The van der Waals surface area contributed by atoms with Crippen molar-refractivity contribution in [3.05, 3.63) is 0 Å². The zero-order chi connectivity index (χ0) is 18.3. The number of hydrogen-bond donors (Lipinski definition) is 0. The number of rotatable bonds is 4. The standard InChI is InChI=1S/C18H34N2O3S/c1-17(2,3)23-16(21)19(7)11-14-12-20(24(22)18(4,5)6)15(14)13-9-8-10-13/h13-15H,8-12H2,1-7H3/t14-,15-,24?/m1/s1. The molecule has 1 amide bonds. The van der Waals surface area contributed by atoms with E-state index in [1.807, 2.05) is 41.5 Å². The van der Waals surface area contributed by atoms with Crippen LogP contribution in [0.2, 0.25) is 0 Å². The van der Waals surface area contributed by atoms with E-state index in [9.17, 15) is 9.35 Å². The molecule has 3 atom stereocenters. The van der Waals surface area contributed by atoms with Crippen molar-refractivity contribution in [2.24, 2.45) is 11.8 Å². The molecule has 1 unspecified atom stereocenters. The summed E-state index contributed by atoms with van der Waals surface area (Å²) in [7, 11) is 1.80. The monoisotopic (exact) mass is 358 g/mol. The summed E-state index contributed by atoms with van der Waals surface area (Å²) in [6, 6.07) is 0.337. The highest BCUT2D eigenvalue weighted by atomic mass is 32.2. The molecule has 0 aromatic heterocycles. The number of carbonyl (C=O) groups excluding carboxylic acids is 1. The minimum absolute atomic E-state index is 0.232. The third-order valence-electron chi connectivity index (χ3n) is 4.81. The largest absolute Gasteiger partial charge is 0.597 e. The van der Waals surface area contributed by atoms with Crippen molar-refractivity contribution in [2.75, 3.05) is 20.1 Å². The van der Waals surface area contributed by atoms with Crippen LogP contribution in [0.4, 0.5) is 4.79 Å². The minimum Gasteiger partial charge on any atom is -0.597 e. The van der Waals surface area contributed by atoms with Crippen LogP contribution >= 0.6 is 0 Å². The molecule has 0 N–H and O–H groups in total. The second-order valence-corrected chi connectivity index (χ2v) is 11.5. The first-order chi connectivity index (χ1) is 10.9. The number of hydrogen-bond acceptors (Lipinski definition) is 4. The Morgan fingerprint density at radius 2 is 1.83 bits per heavy atom. The highest BCUT2D eigenvalue weighted by Crippen LogP contribution is 2.44. The molecule has 140 valence electrons. The second-order valence-electron chi connectivity index (χ2n) is 9.26. The van der Waals surface area contributed by atoms with Crippen molar-refractivity contribution in [2.45, 2.75) is 77.2 Å². The maximum Gasteiger partial charge on any atom is 0.410 e. The summed E-state index contributed by atoms with van der Waals surface area (Å²) in [6.45, 7) is 13.2. The first-order valence-corrected chi connectivity index (χ1v) is 10.1.